The van der Waals surface area contributed by atoms with E-state index >= 15 is 0 Å². The quantitative estimate of drug-likeness (QED) is 0.455. The minimum absolute atomic E-state index is 0.0563. The average Bonchev–Trinajstić information content (AvgIpc) is 3.35. The van der Waals surface area contributed by atoms with Crippen LogP contribution in [0.1, 0.15) is 74.5 Å². The second kappa shape index (κ2) is 12.1. The Labute approximate surface area is 243 Å². The number of ether oxygens (including phenoxy) is 1. The summed E-state index contributed by atoms with van der Waals surface area (Å²) in [6, 6.07) is 15.4. The van der Waals surface area contributed by atoms with Gasteiger partial charge < -0.3 is 25.3 Å². The van der Waals surface area contributed by atoms with Gasteiger partial charge in [-0.3, -0.25) is 9.59 Å². The van der Waals surface area contributed by atoms with Crippen LogP contribution in [0.4, 0.5) is 0 Å². The lowest BCUT2D eigenvalue weighted by Gasteiger charge is -2.37. The molecule has 1 aliphatic carbocycles. The van der Waals surface area contributed by atoms with E-state index in [-0.39, 0.29) is 35.7 Å². The maximum Gasteiger partial charge on any atom is 0.243 e. The van der Waals surface area contributed by atoms with Crippen molar-refractivity contribution in [2.75, 3.05) is 7.11 Å². The minimum atomic E-state index is -0.628. The van der Waals surface area contributed by atoms with Gasteiger partial charge in [0.25, 0.3) is 0 Å². The smallest absolute Gasteiger partial charge is 0.243 e. The van der Waals surface area contributed by atoms with E-state index in [1.54, 1.807) is 12.0 Å². The number of nitrogens with two attached hydrogens (primary N) is 1. The van der Waals surface area contributed by atoms with Crippen LogP contribution in [0, 0.1) is 0 Å². The average molecular weight is 558 g/mol. The molecule has 0 bridgehead atoms. The van der Waals surface area contributed by atoms with Crippen LogP contribution in [0.2, 0.25) is 0 Å². The molecule has 1 fully saturated rings. The maximum atomic E-state index is 13.8. The Morgan fingerprint density at radius 1 is 1.02 bits per heavy atom. The third-order valence-corrected chi connectivity index (χ3v) is 8.57. The largest absolute Gasteiger partial charge is 0.497 e. The number of aromatic nitrogens is 2. The standard InChI is InChI=1S/C33H43N5O3/c1-33(2,3)24-13-9-23(10-14-24)19-37-21-35-28-18-29(32(40)36-27-8-6-5-7-26(27)34)38(20-30(28)37)31(39)17-22-11-15-25(41-4)16-12-22/h9-16,21,26-27,29H,5-8,17-20,34H2,1-4H3,(H,36,40). The SMILES string of the molecule is COc1ccc(CC(=O)N2Cc3c(ncn3Cc3ccc(C(C)(C)C)cc3)CC2C(=O)NC2CCCCC2N)cc1. The zero-order chi connectivity index (χ0) is 29.1. The number of fused-ring (bicyclic) bond motifs is 1. The number of hydrogen-bond acceptors (Lipinski definition) is 5. The highest BCUT2D eigenvalue weighted by Gasteiger charge is 2.38. The Morgan fingerprint density at radius 3 is 2.37 bits per heavy atom. The van der Waals surface area contributed by atoms with Crippen molar-refractivity contribution in [1.29, 1.82) is 0 Å². The predicted octanol–water partition coefficient (Wildman–Crippen LogP) is 4.12. The zero-order valence-electron chi connectivity index (χ0n) is 24.7. The second-order valence-electron chi connectivity index (χ2n) is 12.5. The van der Waals surface area contributed by atoms with Crippen molar-refractivity contribution >= 4 is 11.8 Å². The van der Waals surface area contributed by atoms with Gasteiger partial charge in [0.05, 0.1) is 37.8 Å². The fourth-order valence-electron chi connectivity index (χ4n) is 5.94. The Balaban J connectivity index is 1.38. The van der Waals surface area contributed by atoms with Crippen molar-refractivity contribution in [3.8, 4) is 5.75 Å². The number of rotatable bonds is 7. The van der Waals surface area contributed by atoms with E-state index in [9.17, 15) is 9.59 Å². The lowest BCUT2D eigenvalue weighted by molar-refractivity contribution is -0.142. The molecule has 0 radical (unpaired) electrons. The highest BCUT2D eigenvalue weighted by atomic mass is 16.5. The van der Waals surface area contributed by atoms with E-state index in [4.69, 9.17) is 15.5 Å². The van der Waals surface area contributed by atoms with Crippen LogP contribution in [0.5, 0.6) is 5.75 Å². The summed E-state index contributed by atoms with van der Waals surface area (Å²) in [5.41, 5.74) is 11.6. The number of methoxy groups -OCH3 is 1. The van der Waals surface area contributed by atoms with E-state index in [1.807, 2.05) is 30.6 Å². The first-order chi connectivity index (χ1) is 19.6. The number of amides is 2. The van der Waals surface area contributed by atoms with Gasteiger partial charge in [0.1, 0.15) is 11.8 Å². The maximum absolute atomic E-state index is 13.8. The van der Waals surface area contributed by atoms with Gasteiger partial charge in [0.15, 0.2) is 0 Å². The molecule has 41 heavy (non-hydrogen) atoms. The Morgan fingerprint density at radius 2 is 1.71 bits per heavy atom. The molecule has 3 N–H and O–H groups in total. The Bertz CT molecular complexity index is 1360. The van der Waals surface area contributed by atoms with Gasteiger partial charge in [-0.1, -0.05) is 70.0 Å². The van der Waals surface area contributed by atoms with Crippen molar-refractivity contribution in [3.05, 3.63) is 82.9 Å². The third-order valence-electron chi connectivity index (χ3n) is 8.57. The summed E-state index contributed by atoms with van der Waals surface area (Å²) in [5, 5.41) is 3.19. The van der Waals surface area contributed by atoms with Gasteiger partial charge in [-0.2, -0.15) is 0 Å². The van der Waals surface area contributed by atoms with Crippen molar-refractivity contribution in [2.45, 2.75) is 95.9 Å². The van der Waals surface area contributed by atoms with Crippen molar-refractivity contribution < 1.29 is 14.3 Å². The summed E-state index contributed by atoms with van der Waals surface area (Å²) in [5.74, 6) is 0.508. The lowest BCUT2D eigenvalue weighted by Crippen LogP contribution is -2.58. The summed E-state index contributed by atoms with van der Waals surface area (Å²) >= 11 is 0. The number of carbonyl (C=O) groups is 2. The predicted molar refractivity (Wildman–Crippen MR) is 160 cm³/mol. The number of hydrogen-bond donors (Lipinski definition) is 2. The van der Waals surface area contributed by atoms with Crippen LogP contribution in [-0.4, -0.2) is 51.5 Å². The molecule has 2 heterocycles. The fraction of sp³-hybridized carbons (Fsp3) is 0.485. The van der Waals surface area contributed by atoms with Gasteiger partial charge in [-0.15, -0.1) is 0 Å². The molecule has 8 nitrogen and oxygen atoms in total. The van der Waals surface area contributed by atoms with Crippen LogP contribution >= 0.6 is 0 Å². The molecule has 0 saturated heterocycles. The fourth-order valence-corrected chi connectivity index (χ4v) is 5.94. The highest BCUT2D eigenvalue weighted by molar-refractivity contribution is 5.89. The van der Waals surface area contributed by atoms with Crippen molar-refractivity contribution in [2.24, 2.45) is 5.73 Å². The molecular formula is C33H43N5O3. The van der Waals surface area contributed by atoms with Gasteiger partial charge in [-0.05, 0) is 47.1 Å². The first kappa shape index (κ1) is 28.9. The Hall–Kier alpha value is -3.65. The van der Waals surface area contributed by atoms with E-state index < -0.39 is 6.04 Å². The van der Waals surface area contributed by atoms with Crippen molar-refractivity contribution in [1.82, 2.24) is 19.8 Å². The number of nitrogens with one attached hydrogen (secondary N) is 1. The molecule has 2 aromatic carbocycles. The lowest BCUT2D eigenvalue weighted by atomic mass is 9.87. The molecule has 1 aromatic heterocycles. The molecule has 0 spiro atoms. The molecular weight excluding hydrogens is 514 g/mol. The van der Waals surface area contributed by atoms with E-state index in [2.05, 4.69) is 54.9 Å². The molecule has 2 aliphatic rings. The van der Waals surface area contributed by atoms with E-state index in [0.29, 0.717) is 19.5 Å². The van der Waals surface area contributed by atoms with Crippen LogP contribution < -0.4 is 15.8 Å². The summed E-state index contributed by atoms with van der Waals surface area (Å²) in [6.07, 6.45) is 6.33. The van der Waals surface area contributed by atoms with Crippen molar-refractivity contribution in [3.63, 3.8) is 0 Å². The zero-order valence-corrected chi connectivity index (χ0v) is 24.7. The summed E-state index contributed by atoms with van der Waals surface area (Å²) in [7, 11) is 1.62. The molecule has 2 amide bonds. The van der Waals surface area contributed by atoms with Crippen LogP contribution in [-0.2, 0) is 40.9 Å². The molecule has 3 atom stereocenters. The third kappa shape index (κ3) is 6.64. The topological polar surface area (TPSA) is 102 Å². The first-order valence-corrected chi connectivity index (χ1v) is 14.7. The number of benzene rings is 2. The van der Waals surface area contributed by atoms with Crippen LogP contribution in [0.3, 0.4) is 0 Å². The number of imidazole rings is 1. The van der Waals surface area contributed by atoms with Gasteiger partial charge >= 0.3 is 0 Å². The highest BCUT2D eigenvalue weighted by Crippen LogP contribution is 2.27. The number of nitrogens with zero attached hydrogens (tertiary/aromatic N) is 3. The molecule has 3 unspecified atom stereocenters. The van der Waals surface area contributed by atoms with Gasteiger partial charge in [-0.25, -0.2) is 4.98 Å². The summed E-state index contributed by atoms with van der Waals surface area (Å²) < 4.78 is 7.38. The number of carbonyl (C=O) groups excluding carboxylic acids is 2. The molecule has 218 valence electrons. The minimum Gasteiger partial charge on any atom is -0.497 e. The summed E-state index contributed by atoms with van der Waals surface area (Å²) in [6.45, 7) is 7.61. The van der Waals surface area contributed by atoms with Crippen LogP contribution in [0.15, 0.2) is 54.9 Å². The van der Waals surface area contributed by atoms with Gasteiger partial charge in [0, 0.05) is 25.0 Å². The first-order valence-electron chi connectivity index (χ1n) is 14.7. The molecule has 1 aliphatic heterocycles. The molecule has 1 saturated carbocycles. The monoisotopic (exact) mass is 557 g/mol. The normalized spacial score (nSPS) is 20.8. The second-order valence-corrected chi connectivity index (χ2v) is 12.5. The van der Waals surface area contributed by atoms with E-state index in [0.717, 1.165) is 48.4 Å². The molecule has 3 aromatic rings. The van der Waals surface area contributed by atoms with E-state index in [1.165, 1.54) is 11.1 Å². The van der Waals surface area contributed by atoms with Gasteiger partial charge in [0.2, 0.25) is 11.8 Å². The Kier molecular flexibility index (Phi) is 8.50. The summed E-state index contributed by atoms with van der Waals surface area (Å²) in [4.78, 5) is 33.9. The molecule has 5 rings (SSSR count). The van der Waals surface area contributed by atoms with Crippen LogP contribution in [0.25, 0.3) is 0 Å². The molecule has 8 heteroatoms.